The van der Waals surface area contributed by atoms with Gasteiger partial charge in [0.05, 0.1) is 11.4 Å². The molecule has 5 nitrogen and oxygen atoms in total. The molecule has 0 unspecified atom stereocenters. The average molecular weight is 334 g/mol. The molecule has 3 rings (SSSR count). The van der Waals surface area contributed by atoms with Crippen LogP contribution in [-0.4, -0.2) is 20.5 Å². The molecule has 0 bridgehead atoms. The Morgan fingerprint density at radius 2 is 2.27 bits per heavy atom. The molecule has 0 radical (unpaired) electrons. The van der Waals surface area contributed by atoms with Crippen molar-refractivity contribution in [3.63, 3.8) is 0 Å². The third kappa shape index (κ3) is 3.02. The molecular formula is C14H11FN4OS2. The Morgan fingerprint density at radius 1 is 1.41 bits per heavy atom. The molecule has 0 saturated heterocycles. The van der Waals surface area contributed by atoms with Gasteiger partial charge in [-0.25, -0.2) is 9.37 Å². The van der Waals surface area contributed by atoms with Gasteiger partial charge in [0.1, 0.15) is 10.7 Å². The van der Waals surface area contributed by atoms with Gasteiger partial charge < -0.3 is 0 Å². The number of nitrogens with zero attached hydrogens (tertiary/aromatic N) is 3. The highest BCUT2D eigenvalue weighted by atomic mass is 32.1. The van der Waals surface area contributed by atoms with Crippen molar-refractivity contribution < 1.29 is 9.18 Å². The van der Waals surface area contributed by atoms with Gasteiger partial charge in [-0.2, -0.15) is 0 Å². The summed E-state index contributed by atoms with van der Waals surface area (Å²) in [7, 11) is 0. The monoisotopic (exact) mass is 334 g/mol. The summed E-state index contributed by atoms with van der Waals surface area (Å²) in [5.74, 6) is -0.591. The van der Waals surface area contributed by atoms with Gasteiger partial charge in [-0.15, -0.1) is 16.4 Å². The molecule has 22 heavy (non-hydrogen) atoms. The van der Waals surface area contributed by atoms with Gasteiger partial charge in [0.15, 0.2) is 5.13 Å². The highest BCUT2D eigenvalue weighted by Gasteiger charge is 2.16. The number of nitrogens with one attached hydrogen (secondary N) is 1. The standard InChI is InChI=1S/C14H11FN4OS2/c1-2-10-12(22-19-18-10)13(20)17-14-16-11(7-21-14)8-4-3-5-9(15)6-8/h3-7H,2H2,1H3,(H,16,17,20). The van der Waals surface area contributed by atoms with E-state index in [0.29, 0.717) is 33.4 Å². The number of amides is 1. The van der Waals surface area contributed by atoms with Crippen molar-refractivity contribution in [1.82, 2.24) is 14.6 Å². The predicted molar refractivity (Wildman–Crippen MR) is 84.7 cm³/mol. The highest BCUT2D eigenvalue weighted by molar-refractivity contribution is 7.14. The molecule has 0 spiro atoms. The van der Waals surface area contributed by atoms with E-state index in [9.17, 15) is 9.18 Å². The zero-order valence-electron chi connectivity index (χ0n) is 11.5. The Balaban J connectivity index is 1.79. The van der Waals surface area contributed by atoms with Crippen LogP contribution in [0.2, 0.25) is 0 Å². The fourth-order valence-corrected chi connectivity index (χ4v) is 3.24. The second-order valence-corrected chi connectivity index (χ2v) is 6.02. The number of aryl methyl sites for hydroxylation is 1. The van der Waals surface area contributed by atoms with Gasteiger partial charge in [-0.3, -0.25) is 10.1 Å². The molecule has 112 valence electrons. The van der Waals surface area contributed by atoms with Gasteiger partial charge in [-0.05, 0) is 30.1 Å². The van der Waals surface area contributed by atoms with E-state index in [1.165, 1.54) is 23.5 Å². The lowest BCUT2D eigenvalue weighted by molar-refractivity contribution is 0.102. The van der Waals surface area contributed by atoms with Gasteiger partial charge >= 0.3 is 0 Å². The Hall–Kier alpha value is -2.19. The lowest BCUT2D eigenvalue weighted by atomic mass is 10.2. The minimum atomic E-state index is -0.320. The molecule has 0 fully saturated rings. The van der Waals surface area contributed by atoms with Crippen LogP contribution in [0.4, 0.5) is 9.52 Å². The maximum absolute atomic E-state index is 13.2. The van der Waals surface area contributed by atoms with E-state index < -0.39 is 0 Å². The molecule has 2 aromatic heterocycles. The third-order valence-electron chi connectivity index (χ3n) is 2.94. The van der Waals surface area contributed by atoms with E-state index in [-0.39, 0.29) is 11.7 Å². The SMILES string of the molecule is CCc1nnsc1C(=O)Nc1nc(-c2cccc(F)c2)cs1. The summed E-state index contributed by atoms with van der Waals surface area (Å²) >= 11 is 2.35. The van der Waals surface area contributed by atoms with E-state index in [1.54, 1.807) is 17.5 Å². The smallest absolute Gasteiger partial charge is 0.271 e. The summed E-state index contributed by atoms with van der Waals surface area (Å²) in [5, 5.41) is 8.87. The summed E-state index contributed by atoms with van der Waals surface area (Å²) in [6.07, 6.45) is 0.645. The minimum Gasteiger partial charge on any atom is -0.297 e. The van der Waals surface area contributed by atoms with Crippen molar-refractivity contribution in [2.45, 2.75) is 13.3 Å². The first-order valence-corrected chi connectivity index (χ1v) is 8.16. The number of hydrogen-bond donors (Lipinski definition) is 1. The number of halogens is 1. The lowest BCUT2D eigenvalue weighted by Gasteiger charge is -2.00. The molecular weight excluding hydrogens is 323 g/mol. The number of aromatic nitrogens is 3. The summed E-state index contributed by atoms with van der Waals surface area (Å²) in [6.45, 7) is 1.92. The second kappa shape index (κ2) is 6.29. The van der Waals surface area contributed by atoms with Crippen molar-refractivity contribution in [1.29, 1.82) is 0 Å². The van der Waals surface area contributed by atoms with Crippen LogP contribution in [0, 0.1) is 5.82 Å². The normalized spacial score (nSPS) is 10.6. The van der Waals surface area contributed by atoms with E-state index in [2.05, 4.69) is 19.9 Å². The molecule has 2 heterocycles. The lowest BCUT2D eigenvalue weighted by Crippen LogP contribution is -2.12. The van der Waals surface area contributed by atoms with Gasteiger partial charge in [0.2, 0.25) is 0 Å². The largest absolute Gasteiger partial charge is 0.297 e. The molecule has 0 aliphatic rings. The Morgan fingerprint density at radius 3 is 3.05 bits per heavy atom. The second-order valence-electron chi connectivity index (χ2n) is 4.40. The van der Waals surface area contributed by atoms with Crippen molar-refractivity contribution in [3.05, 3.63) is 46.0 Å². The van der Waals surface area contributed by atoms with Crippen LogP contribution in [0.3, 0.4) is 0 Å². The number of thiazole rings is 1. The zero-order chi connectivity index (χ0) is 15.5. The number of carbonyl (C=O) groups is 1. The number of anilines is 1. The third-order valence-corrected chi connectivity index (χ3v) is 4.47. The first-order valence-electron chi connectivity index (χ1n) is 6.51. The topological polar surface area (TPSA) is 67.8 Å². The van der Waals surface area contributed by atoms with E-state index in [0.717, 1.165) is 11.5 Å². The number of carbonyl (C=O) groups excluding carboxylic acids is 1. The van der Waals surface area contributed by atoms with E-state index >= 15 is 0 Å². The quantitative estimate of drug-likeness (QED) is 0.791. The maximum Gasteiger partial charge on any atom is 0.271 e. The van der Waals surface area contributed by atoms with Crippen LogP contribution < -0.4 is 5.32 Å². The number of rotatable bonds is 4. The van der Waals surface area contributed by atoms with Crippen LogP contribution >= 0.6 is 22.9 Å². The maximum atomic E-state index is 13.2. The summed E-state index contributed by atoms with van der Waals surface area (Å²) in [5.41, 5.74) is 1.97. The predicted octanol–water partition coefficient (Wildman–Crippen LogP) is 3.62. The molecule has 1 N–H and O–H groups in total. The molecule has 0 aliphatic heterocycles. The molecule has 0 saturated carbocycles. The van der Waals surface area contributed by atoms with Crippen LogP contribution in [-0.2, 0) is 6.42 Å². The fraction of sp³-hybridized carbons (Fsp3) is 0.143. The summed E-state index contributed by atoms with van der Waals surface area (Å²) in [4.78, 5) is 17.0. The Kier molecular flexibility index (Phi) is 4.21. The Bertz CT molecular complexity index is 815. The number of hydrogen-bond acceptors (Lipinski definition) is 6. The first kappa shape index (κ1) is 14.7. The molecule has 1 amide bonds. The van der Waals surface area contributed by atoms with Gasteiger partial charge in [0.25, 0.3) is 5.91 Å². The van der Waals surface area contributed by atoms with Crippen LogP contribution in [0.25, 0.3) is 11.3 Å². The van der Waals surface area contributed by atoms with Gasteiger partial charge in [-0.1, -0.05) is 23.5 Å². The van der Waals surface area contributed by atoms with Crippen LogP contribution in [0.15, 0.2) is 29.6 Å². The van der Waals surface area contributed by atoms with Crippen molar-refractivity contribution >= 4 is 33.9 Å². The number of benzene rings is 1. The van der Waals surface area contributed by atoms with Crippen molar-refractivity contribution in [2.24, 2.45) is 0 Å². The minimum absolute atomic E-state index is 0.271. The fourth-order valence-electron chi connectivity index (χ4n) is 1.88. The molecule has 8 heteroatoms. The molecule has 1 aromatic carbocycles. The first-order chi connectivity index (χ1) is 10.7. The van der Waals surface area contributed by atoms with E-state index in [4.69, 9.17) is 0 Å². The van der Waals surface area contributed by atoms with E-state index in [1.807, 2.05) is 6.92 Å². The summed E-state index contributed by atoms with van der Waals surface area (Å²) in [6, 6.07) is 6.18. The molecule has 3 aromatic rings. The van der Waals surface area contributed by atoms with Gasteiger partial charge in [0, 0.05) is 10.9 Å². The van der Waals surface area contributed by atoms with Crippen LogP contribution in [0.1, 0.15) is 22.3 Å². The Labute approximate surface area is 134 Å². The highest BCUT2D eigenvalue weighted by Crippen LogP contribution is 2.26. The molecule has 0 atom stereocenters. The zero-order valence-corrected chi connectivity index (χ0v) is 13.2. The van der Waals surface area contributed by atoms with Crippen molar-refractivity contribution in [2.75, 3.05) is 5.32 Å². The van der Waals surface area contributed by atoms with Crippen molar-refractivity contribution in [3.8, 4) is 11.3 Å². The average Bonchev–Trinajstić information content (AvgIpc) is 3.15. The van der Waals surface area contributed by atoms with Crippen LogP contribution in [0.5, 0.6) is 0 Å². The molecule has 0 aliphatic carbocycles. The summed E-state index contributed by atoms with van der Waals surface area (Å²) < 4.78 is 17.0.